The van der Waals surface area contributed by atoms with Crippen LogP contribution in [-0.2, 0) is 4.79 Å². The molecule has 2 nitrogen and oxygen atoms in total. The van der Waals surface area contributed by atoms with Crippen LogP contribution in [0, 0.1) is 12.7 Å². The van der Waals surface area contributed by atoms with E-state index in [1.807, 2.05) is 11.8 Å². The molecular formula is C15H18FNO. The summed E-state index contributed by atoms with van der Waals surface area (Å²) in [4.78, 5) is 13.8. The summed E-state index contributed by atoms with van der Waals surface area (Å²) in [6.07, 6.45) is 6.76. The number of hydrogen-bond acceptors (Lipinski definition) is 1. The molecule has 1 amide bonds. The normalized spacial score (nSPS) is 16.2. The lowest BCUT2D eigenvalue weighted by molar-refractivity contribution is -0.126. The van der Waals surface area contributed by atoms with E-state index in [9.17, 15) is 9.18 Å². The van der Waals surface area contributed by atoms with Crippen LogP contribution in [0.1, 0.15) is 30.4 Å². The first-order valence-corrected chi connectivity index (χ1v) is 6.40. The van der Waals surface area contributed by atoms with E-state index in [1.54, 1.807) is 18.2 Å². The molecule has 96 valence electrons. The summed E-state index contributed by atoms with van der Waals surface area (Å²) in [6, 6.07) is 4.59. The second-order valence-corrected chi connectivity index (χ2v) is 4.72. The predicted molar refractivity (Wildman–Crippen MR) is 70.6 cm³/mol. The Balaban J connectivity index is 2.03. The predicted octanol–water partition coefficient (Wildman–Crippen LogP) is 3.16. The number of piperidine rings is 1. The van der Waals surface area contributed by atoms with Crippen molar-refractivity contribution in [3.63, 3.8) is 0 Å². The van der Waals surface area contributed by atoms with Crippen LogP contribution in [0.5, 0.6) is 0 Å². The molecule has 2 rings (SSSR count). The number of carbonyl (C=O) groups is 1. The topological polar surface area (TPSA) is 20.3 Å². The smallest absolute Gasteiger partial charge is 0.246 e. The number of aryl methyl sites for hydroxylation is 1. The first-order valence-electron chi connectivity index (χ1n) is 6.40. The molecule has 0 bridgehead atoms. The first-order chi connectivity index (χ1) is 8.66. The van der Waals surface area contributed by atoms with Gasteiger partial charge in [-0.2, -0.15) is 0 Å². The SMILES string of the molecule is Cc1cc(F)ccc1C=CC(=O)N1CCCCC1. The van der Waals surface area contributed by atoms with Crippen LogP contribution in [0.4, 0.5) is 4.39 Å². The zero-order valence-corrected chi connectivity index (χ0v) is 10.7. The lowest BCUT2D eigenvalue weighted by atomic mass is 10.1. The van der Waals surface area contributed by atoms with Crippen molar-refractivity contribution in [2.75, 3.05) is 13.1 Å². The minimum atomic E-state index is -0.244. The zero-order valence-electron chi connectivity index (χ0n) is 10.7. The zero-order chi connectivity index (χ0) is 13.0. The summed E-state index contributed by atoms with van der Waals surface area (Å²) in [5.41, 5.74) is 1.74. The first kappa shape index (κ1) is 12.8. The fourth-order valence-corrected chi connectivity index (χ4v) is 2.21. The van der Waals surface area contributed by atoms with E-state index >= 15 is 0 Å². The quantitative estimate of drug-likeness (QED) is 0.735. The molecular weight excluding hydrogens is 229 g/mol. The Hall–Kier alpha value is -1.64. The molecule has 0 saturated carbocycles. The van der Waals surface area contributed by atoms with E-state index in [2.05, 4.69) is 0 Å². The number of likely N-dealkylation sites (tertiary alicyclic amines) is 1. The van der Waals surface area contributed by atoms with Gasteiger partial charge in [0.1, 0.15) is 5.82 Å². The molecule has 0 spiro atoms. The Morgan fingerprint density at radius 1 is 1.28 bits per heavy atom. The molecule has 1 aliphatic heterocycles. The summed E-state index contributed by atoms with van der Waals surface area (Å²) >= 11 is 0. The van der Waals surface area contributed by atoms with Gasteiger partial charge in [0.25, 0.3) is 0 Å². The summed E-state index contributed by atoms with van der Waals surface area (Å²) in [6.45, 7) is 3.55. The minimum absolute atomic E-state index is 0.0541. The molecule has 3 heteroatoms. The van der Waals surface area contributed by atoms with Gasteiger partial charge < -0.3 is 4.90 Å². The third-order valence-electron chi connectivity index (χ3n) is 3.31. The van der Waals surface area contributed by atoms with Gasteiger partial charge in [0.15, 0.2) is 0 Å². The van der Waals surface area contributed by atoms with Crippen molar-refractivity contribution < 1.29 is 9.18 Å². The average molecular weight is 247 g/mol. The van der Waals surface area contributed by atoms with Gasteiger partial charge in [0.05, 0.1) is 0 Å². The number of carbonyl (C=O) groups excluding carboxylic acids is 1. The highest BCUT2D eigenvalue weighted by atomic mass is 19.1. The second-order valence-electron chi connectivity index (χ2n) is 4.72. The summed E-state index contributed by atoms with van der Waals surface area (Å²) in [7, 11) is 0. The minimum Gasteiger partial charge on any atom is -0.339 e. The van der Waals surface area contributed by atoms with Crippen molar-refractivity contribution >= 4 is 12.0 Å². The fraction of sp³-hybridized carbons (Fsp3) is 0.400. The molecule has 0 aliphatic carbocycles. The third-order valence-corrected chi connectivity index (χ3v) is 3.31. The maximum atomic E-state index is 12.9. The molecule has 1 aliphatic rings. The highest BCUT2D eigenvalue weighted by molar-refractivity contribution is 5.92. The molecule has 0 N–H and O–H groups in total. The molecule has 0 aromatic heterocycles. The van der Waals surface area contributed by atoms with Crippen molar-refractivity contribution in [1.29, 1.82) is 0 Å². The number of nitrogens with zero attached hydrogens (tertiary/aromatic N) is 1. The Morgan fingerprint density at radius 3 is 2.67 bits per heavy atom. The Bertz CT molecular complexity index is 462. The summed E-state index contributed by atoms with van der Waals surface area (Å²) < 4.78 is 12.9. The van der Waals surface area contributed by atoms with Crippen molar-refractivity contribution in [2.24, 2.45) is 0 Å². The van der Waals surface area contributed by atoms with Crippen molar-refractivity contribution in [1.82, 2.24) is 4.90 Å². The largest absolute Gasteiger partial charge is 0.339 e. The second kappa shape index (κ2) is 5.80. The number of amides is 1. The van der Waals surface area contributed by atoms with E-state index in [0.29, 0.717) is 0 Å². The van der Waals surface area contributed by atoms with Crippen molar-refractivity contribution in [2.45, 2.75) is 26.2 Å². The number of benzene rings is 1. The monoisotopic (exact) mass is 247 g/mol. The van der Waals surface area contributed by atoms with Crippen molar-refractivity contribution in [3.8, 4) is 0 Å². The van der Waals surface area contributed by atoms with Crippen LogP contribution in [-0.4, -0.2) is 23.9 Å². The standard InChI is InChI=1S/C15H18FNO/c1-12-11-14(16)7-5-13(12)6-8-15(18)17-9-3-2-4-10-17/h5-8,11H,2-4,9-10H2,1H3. The molecule has 1 fully saturated rings. The van der Waals surface area contributed by atoms with Gasteiger partial charge >= 0.3 is 0 Å². The molecule has 1 aromatic rings. The van der Waals surface area contributed by atoms with Crippen LogP contribution in [0.2, 0.25) is 0 Å². The maximum Gasteiger partial charge on any atom is 0.246 e. The van der Waals surface area contributed by atoms with Gasteiger partial charge in [0, 0.05) is 19.2 Å². The summed E-state index contributed by atoms with van der Waals surface area (Å²) in [5.74, 6) is -0.189. The van der Waals surface area contributed by atoms with Gasteiger partial charge in [-0.25, -0.2) is 4.39 Å². The number of hydrogen-bond donors (Lipinski definition) is 0. The molecule has 1 heterocycles. The van der Waals surface area contributed by atoms with Crippen LogP contribution in [0.25, 0.3) is 6.08 Å². The van der Waals surface area contributed by atoms with Crippen LogP contribution in [0.3, 0.4) is 0 Å². The third kappa shape index (κ3) is 3.19. The number of rotatable bonds is 2. The van der Waals surface area contributed by atoms with E-state index in [4.69, 9.17) is 0 Å². The Morgan fingerprint density at radius 2 is 2.00 bits per heavy atom. The average Bonchev–Trinajstić information content (AvgIpc) is 2.38. The molecule has 0 unspecified atom stereocenters. The van der Waals surface area contributed by atoms with Gasteiger partial charge in [0.2, 0.25) is 5.91 Å². The highest BCUT2D eigenvalue weighted by Gasteiger charge is 2.13. The summed E-state index contributed by atoms with van der Waals surface area (Å²) in [5, 5.41) is 0. The highest BCUT2D eigenvalue weighted by Crippen LogP contribution is 2.13. The molecule has 1 aromatic carbocycles. The molecule has 0 radical (unpaired) electrons. The van der Waals surface area contributed by atoms with E-state index in [0.717, 1.165) is 37.1 Å². The Labute approximate surface area is 107 Å². The van der Waals surface area contributed by atoms with Crippen LogP contribution < -0.4 is 0 Å². The maximum absolute atomic E-state index is 12.9. The van der Waals surface area contributed by atoms with Gasteiger partial charge in [-0.1, -0.05) is 6.07 Å². The Kier molecular flexibility index (Phi) is 4.13. The van der Waals surface area contributed by atoms with E-state index < -0.39 is 0 Å². The lowest BCUT2D eigenvalue weighted by Crippen LogP contribution is -2.34. The number of halogens is 1. The van der Waals surface area contributed by atoms with Crippen molar-refractivity contribution in [3.05, 3.63) is 41.2 Å². The van der Waals surface area contributed by atoms with Gasteiger partial charge in [-0.05, 0) is 55.5 Å². The van der Waals surface area contributed by atoms with E-state index in [1.165, 1.54) is 18.6 Å². The van der Waals surface area contributed by atoms with Crippen LogP contribution in [0.15, 0.2) is 24.3 Å². The molecule has 18 heavy (non-hydrogen) atoms. The van der Waals surface area contributed by atoms with Gasteiger partial charge in [-0.3, -0.25) is 4.79 Å². The fourth-order valence-electron chi connectivity index (χ4n) is 2.21. The van der Waals surface area contributed by atoms with Crippen LogP contribution >= 0.6 is 0 Å². The molecule has 0 atom stereocenters. The van der Waals surface area contributed by atoms with E-state index in [-0.39, 0.29) is 11.7 Å². The van der Waals surface area contributed by atoms with Gasteiger partial charge in [-0.15, -0.1) is 0 Å². The molecule has 1 saturated heterocycles. The lowest BCUT2D eigenvalue weighted by Gasteiger charge is -2.25.